The lowest BCUT2D eigenvalue weighted by molar-refractivity contribution is -0.316. The summed E-state index contributed by atoms with van der Waals surface area (Å²) in [7, 11) is 0. The maximum absolute atomic E-state index is 13.4. The molecule has 0 bridgehead atoms. The van der Waals surface area contributed by atoms with E-state index in [1.165, 1.54) is 24.3 Å². The van der Waals surface area contributed by atoms with Crippen LogP contribution in [0.2, 0.25) is 0 Å². The second-order valence-electron chi connectivity index (χ2n) is 8.32. The van der Waals surface area contributed by atoms with Crippen LogP contribution in [0, 0.1) is 5.92 Å². The summed E-state index contributed by atoms with van der Waals surface area (Å²) in [4.78, 5) is 13.4. The van der Waals surface area contributed by atoms with Crippen LogP contribution in [0.5, 0.6) is 0 Å². The summed E-state index contributed by atoms with van der Waals surface area (Å²) >= 11 is 0. The number of hydrogen-bond donors (Lipinski definition) is 8. The standard InChI is InChI=1S/C21H26O12/c22-6-13-15(27)17(29)18(30)21(32-13)33-20-16(28)14-11(26)4-8(23)5-12(14)31-19(20)7-1-2-9(24)10(25)3-7/h1-5,9-10,12-15,17-27,29-30H,6H2/t9?,10?,12?,13?,14?,15-,17?,18?,19?,20?,21+/m1/s1. The highest BCUT2D eigenvalue weighted by Gasteiger charge is 2.52. The molecule has 12 nitrogen and oxygen atoms in total. The number of rotatable bonds is 4. The number of ether oxygens (including phenoxy) is 3. The molecule has 2 aliphatic carbocycles. The zero-order valence-electron chi connectivity index (χ0n) is 17.2. The van der Waals surface area contributed by atoms with Crippen LogP contribution in [0.25, 0.3) is 0 Å². The van der Waals surface area contributed by atoms with E-state index >= 15 is 0 Å². The van der Waals surface area contributed by atoms with Crippen molar-refractivity contribution in [2.45, 2.75) is 61.2 Å². The van der Waals surface area contributed by atoms with Gasteiger partial charge in [0.25, 0.3) is 0 Å². The maximum Gasteiger partial charge on any atom is 0.187 e. The van der Waals surface area contributed by atoms with E-state index in [2.05, 4.69) is 0 Å². The van der Waals surface area contributed by atoms with E-state index in [1.807, 2.05) is 0 Å². The van der Waals surface area contributed by atoms with Crippen molar-refractivity contribution < 1.29 is 59.9 Å². The Hall–Kier alpha value is -2.13. The SMILES string of the molecule is O=C1C(O[C@@H]2OC(CO)[C@@H](O)C(O)C2O)C(C2=CC(O)C(O)C=C2)OC2C=C(O)C=C(O)C12. The fraction of sp³-hybridized carbons (Fsp3) is 0.571. The summed E-state index contributed by atoms with van der Waals surface area (Å²) in [5, 5.41) is 79.6. The molecule has 2 fully saturated rings. The Morgan fingerprint density at radius 1 is 0.939 bits per heavy atom. The Labute approximate surface area is 187 Å². The van der Waals surface area contributed by atoms with Crippen molar-refractivity contribution in [3.8, 4) is 0 Å². The molecule has 0 aromatic carbocycles. The molecule has 0 aromatic heterocycles. The molecule has 182 valence electrons. The van der Waals surface area contributed by atoms with Crippen molar-refractivity contribution in [1.82, 2.24) is 0 Å². The zero-order valence-corrected chi connectivity index (χ0v) is 17.2. The molecule has 33 heavy (non-hydrogen) atoms. The summed E-state index contributed by atoms with van der Waals surface area (Å²) in [6.07, 6.45) is -8.37. The first-order valence-corrected chi connectivity index (χ1v) is 10.3. The molecule has 2 aliphatic heterocycles. The largest absolute Gasteiger partial charge is 0.511 e. The third kappa shape index (κ3) is 4.37. The van der Waals surface area contributed by atoms with E-state index in [-0.39, 0.29) is 11.3 Å². The molecule has 0 saturated carbocycles. The second kappa shape index (κ2) is 9.25. The summed E-state index contributed by atoms with van der Waals surface area (Å²) in [5.41, 5.74) is 0.233. The van der Waals surface area contributed by atoms with E-state index in [1.54, 1.807) is 0 Å². The summed E-state index contributed by atoms with van der Waals surface area (Å²) in [5.74, 6) is -2.76. The number of carbonyl (C=O) groups is 1. The molecule has 4 rings (SSSR count). The lowest BCUT2D eigenvalue weighted by atomic mass is 9.81. The van der Waals surface area contributed by atoms with Crippen LogP contribution in [0.4, 0.5) is 0 Å². The molecule has 4 aliphatic rings. The Morgan fingerprint density at radius 3 is 2.33 bits per heavy atom. The number of fused-ring (bicyclic) bond motifs is 1. The third-order valence-electron chi connectivity index (χ3n) is 6.10. The van der Waals surface area contributed by atoms with Gasteiger partial charge >= 0.3 is 0 Å². The molecule has 2 saturated heterocycles. The Morgan fingerprint density at radius 2 is 1.67 bits per heavy atom. The lowest BCUT2D eigenvalue weighted by Crippen LogP contribution is -2.62. The number of aliphatic hydroxyl groups excluding tert-OH is 8. The van der Waals surface area contributed by atoms with Gasteiger partial charge in [0.15, 0.2) is 18.2 Å². The highest BCUT2D eigenvalue weighted by molar-refractivity contribution is 5.90. The van der Waals surface area contributed by atoms with Gasteiger partial charge in [0.05, 0.1) is 12.7 Å². The van der Waals surface area contributed by atoms with Crippen LogP contribution in [0.3, 0.4) is 0 Å². The van der Waals surface area contributed by atoms with E-state index in [0.29, 0.717) is 0 Å². The van der Waals surface area contributed by atoms with Gasteiger partial charge in [-0.3, -0.25) is 4.79 Å². The van der Waals surface area contributed by atoms with Crippen molar-refractivity contribution in [2.75, 3.05) is 6.61 Å². The summed E-state index contributed by atoms with van der Waals surface area (Å²) in [6, 6.07) is 0. The first kappa shape index (κ1) is 24.0. The van der Waals surface area contributed by atoms with Crippen LogP contribution >= 0.6 is 0 Å². The molecular formula is C21H26O12. The van der Waals surface area contributed by atoms with Gasteiger partial charge < -0.3 is 55.1 Å². The van der Waals surface area contributed by atoms with Gasteiger partial charge in [0.1, 0.15) is 60.2 Å². The monoisotopic (exact) mass is 470 g/mol. The first-order valence-electron chi connectivity index (χ1n) is 10.3. The molecule has 11 atom stereocenters. The molecule has 0 spiro atoms. The predicted octanol–water partition coefficient (Wildman–Crippen LogP) is -2.76. The quantitative estimate of drug-likeness (QED) is 0.210. The predicted molar refractivity (Wildman–Crippen MR) is 106 cm³/mol. The van der Waals surface area contributed by atoms with E-state index < -0.39 is 85.3 Å². The Balaban J connectivity index is 1.67. The van der Waals surface area contributed by atoms with Gasteiger partial charge in [0, 0.05) is 6.08 Å². The van der Waals surface area contributed by atoms with Gasteiger partial charge in [-0.25, -0.2) is 0 Å². The average Bonchev–Trinajstić information content (AvgIpc) is 2.76. The van der Waals surface area contributed by atoms with Crippen LogP contribution in [0.15, 0.2) is 47.5 Å². The smallest absolute Gasteiger partial charge is 0.187 e. The molecule has 12 heteroatoms. The highest BCUT2D eigenvalue weighted by atomic mass is 16.7. The van der Waals surface area contributed by atoms with Crippen LogP contribution < -0.4 is 0 Å². The van der Waals surface area contributed by atoms with Crippen LogP contribution in [-0.4, -0.2) is 114 Å². The number of ketones is 1. The minimum absolute atomic E-state index is 0.233. The average molecular weight is 470 g/mol. The number of Topliss-reactive ketones (excluding diaryl/α,β-unsaturated/α-hetero) is 1. The summed E-state index contributed by atoms with van der Waals surface area (Å²) < 4.78 is 17.0. The maximum atomic E-state index is 13.4. The molecular weight excluding hydrogens is 444 g/mol. The molecule has 9 unspecified atom stereocenters. The van der Waals surface area contributed by atoms with Crippen molar-refractivity contribution in [1.29, 1.82) is 0 Å². The van der Waals surface area contributed by atoms with Gasteiger partial charge in [0.2, 0.25) is 0 Å². The fourth-order valence-corrected chi connectivity index (χ4v) is 4.30. The fourth-order valence-electron chi connectivity index (χ4n) is 4.30. The van der Waals surface area contributed by atoms with E-state index in [0.717, 1.165) is 6.08 Å². The summed E-state index contributed by atoms with van der Waals surface area (Å²) in [6.45, 7) is -0.709. The van der Waals surface area contributed by atoms with Gasteiger partial charge in [-0.2, -0.15) is 0 Å². The number of aliphatic hydroxyl groups is 8. The van der Waals surface area contributed by atoms with E-state index in [9.17, 15) is 45.6 Å². The lowest BCUT2D eigenvalue weighted by Gasteiger charge is -2.45. The number of allylic oxidation sites excluding steroid dienone is 1. The van der Waals surface area contributed by atoms with Crippen molar-refractivity contribution in [3.05, 3.63) is 47.5 Å². The zero-order chi connectivity index (χ0) is 24.0. The Kier molecular flexibility index (Phi) is 6.73. The molecule has 0 radical (unpaired) electrons. The molecule has 2 heterocycles. The Bertz CT molecular complexity index is 892. The van der Waals surface area contributed by atoms with Gasteiger partial charge in [-0.05, 0) is 17.7 Å². The normalized spacial score (nSPS) is 45.7. The number of hydrogen-bond acceptors (Lipinski definition) is 12. The van der Waals surface area contributed by atoms with Crippen LogP contribution in [-0.2, 0) is 19.0 Å². The van der Waals surface area contributed by atoms with Crippen LogP contribution in [0.1, 0.15) is 0 Å². The second-order valence-corrected chi connectivity index (χ2v) is 8.32. The number of carbonyl (C=O) groups excluding carboxylic acids is 1. The minimum atomic E-state index is -1.79. The van der Waals surface area contributed by atoms with Crippen molar-refractivity contribution in [3.63, 3.8) is 0 Å². The highest BCUT2D eigenvalue weighted by Crippen LogP contribution is 2.38. The molecule has 0 amide bonds. The minimum Gasteiger partial charge on any atom is -0.511 e. The third-order valence-corrected chi connectivity index (χ3v) is 6.10. The molecule has 8 N–H and O–H groups in total. The van der Waals surface area contributed by atoms with Crippen molar-refractivity contribution in [2.24, 2.45) is 5.92 Å². The van der Waals surface area contributed by atoms with Crippen molar-refractivity contribution >= 4 is 5.78 Å². The van der Waals surface area contributed by atoms with Gasteiger partial charge in [-0.15, -0.1) is 0 Å². The van der Waals surface area contributed by atoms with Gasteiger partial charge in [-0.1, -0.05) is 12.2 Å². The first-order chi connectivity index (χ1) is 15.6. The molecule has 0 aromatic rings. The topological polar surface area (TPSA) is 207 Å². The van der Waals surface area contributed by atoms with E-state index in [4.69, 9.17) is 14.2 Å².